The molecule has 102 valence electrons. The lowest BCUT2D eigenvalue weighted by Gasteiger charge is -2.05. The van der Waals surface area contributed by atoms with E-state index >= 15 is 0 Å². The summed E-state index contributed by atoms with van der Waals surface area (Å²) in [5.41, 5.74) is 2.44. The number of methoxy groups -OCH3 is 1. The largest absolute Gasteiger partial charge is 0.380 e. The summed E-state index contributed by atoms with van der Waals surface area (Å²) in [6.07, 6.45) is 0.749. The molecular weight excluding hydrogens is 242 g/mol. The van der Waals surface area contributed by atoms with Crippen molar-refractivity contribution in [1.29, 1.82) is 0 Å². The van der Waals surface area contributed by atoms with Crippen LogP contribution in [-0.2, 0) is 24.3 Å². The topological polar surface area (TPSA) is 60.2 Å². The predicted octanol–water partition coefficient (Wildman–Crippen LogP) is 1.86. The molecule has 0 aliphatic carbocycles. The molecule has 1 aromatic carbocycles. The standard InChI is InChI=1S/C14H19N3O2/c1-11-16-14(19-17-11)6-7-15-9-12-4-3-5-13(8-12)10-18-2/h3-5,8,15H,6-7,9-10H2,1-2H3. The van der Waals surface area contributed by atoms with Gasteiger partial charge in [-0.2, -0.15) is 4.98 Å². The van der Waals surface area contributed by atoms with Crippen LogP contribution in [0, 0.1) is 6.92 Å². The van der Waals surface area contributed by atoms with Crippen LogP contribution >= 0.6 is 0 Å². The summed E-state index contributed by atoms with van der Waals surface area (Å²) < 4.78 is 10.2. The minimum Gasteiger partial charge on any atom is -0.380 e. The van der Waals surface area contributed by atoms with Crippen LogP contribution in [0.5, 0.6) is 0 Å². The SMILES string of the molecule is COCc1cccc(CNCCc2nc(C)no2)c1. The first-order valence-corrected chi connectivity index (χ1v) is 6.34. The van der Waals surface area contributed by atoms with Crippen LogP contribution in [0.2, 0.25) is 0 Å². The van der Waals surface area contributed by atoms with Crippen molar-refractivity contribution in [2.24, 2.45) is 0 Å². The van der Waals surface area contributed by atoms with Crippen LogP contribution in [0.25, 0.3) is 0 Å². The second-order valence-corrected chi connectivity index (χ2v) is 4.42. The van der Waals surface area contributed by atoms with E-state index in [1.54, 1.807) is 7.11 Å². The van der Waals surface area contributed by atoms with Crippen molar-refractivity contribution in [1.82, 2.24) is 15.5 Å². The first-order chi connectivity index (χ1) is 9.28. The smallest absolute Gasteiger partial charge is 0.227 e. The van der Waals surface area contributed by atoms with E-state index in [-0.39, 0.29) is 0 Å². The minimum absolute atomic E-state index is 0.648. The lowest BCUT2D eigenvalue weighted by Crippen LogP contribution is -2.16. The molecule has 0 amide bonds. The molecule has 0 atom stereocenters. The van der Waals surface area contributed by atoms with E-state index in [2.05, 4.69) is 33.7 Å². The van der Waals surface area contributed by atoms with Gasteiger partial charge in [0.2, 0.25) is 5.89 Å². The highest BCUT2D eigenvalue weighted by atomic mass is 16.5. The summed E-state index contributed by atoms with van der Waals surface area (Å²) in [4.78, 5) is 4.16. The van der Waals surface area contributed by atoms with Gasteiger partial charge in [0.05, 0.1) is 6.61 Å². The molecule has 5 heteroatoms. The van der Waals surface area contributed by atoms with Gasteiger partial charge in [-0.05, 0) is 18.1 Å². The molecule has 0 bridgehead atoms. The highest BCUT2D eigenvalue weighted by Gasteiger charge is 2.01. The van der Waals surface area contributed by atoms with Gasteiger partial charge in [0.1, 0.15) is 0 Å². The van der Waals surface area contributed by atoms with E-state index in [1.807, 2.05) is 13.0 Å². The molecule has 0 aliphatic heterocycles. The molecular formula is C14H19N3O2. The summed E-state index contributed by atoms with van der Waals surface area (Å²) in [5.74, 6) is 1.36. The number of nitrogens with zero attached hydrogens (tertiary/aromatic N) is 2. The van der Waals surface area contributed by atoms with Crippen LogP contribution in [0.1, 0.15) is 22.8 Å². The Morgan fingerprint density at radius 3 is 2.89 bits per heavy atom. The number of nitrogens with one attached hydrogen (secondary N) is 1. The molecule has 0 saturated heterocycles. The van der Waals surface area contributed by atoms with E-state index < -0.39 is 0 Å². The van der Waals surface area contributed by atoms with Crippen LogP contribution < -0.4 is 5.32 Å². The zero-order chi connectivity index (χ0) is 13.5. The molecule has 1 aromatic heterocycles. The van der Waals surface area contributed by atoms with Gasteiger partial charge in [-0.25, -0.2) is 0 Å². The zero-order valence-electron chi connectivity index (χ0n) is 11.3. The Morgan fingerprint density at radius 1 is 1.32 bits per heavy atom. The molecule has 1 N–H and O–H groups in total. The lowest BCUT2D eigenvalue weighted by atomic mass is 10.1. The third-order valence-electron chi connectivity index (χ3n) is 2.72. The Morgan fingerprint density at radius 2 is 2.16 bits per heavy atom. The Labute approximate surface area is 113 Å². The Hall–Kier alpha value is -1.72. The number of hydrogen-bond acceptors (Lipinski definition) is 5. The van der Waals surface area contributed by atoms with Crippen molar-refractivity contribution in [2.45, 2.75) is 26.5 Å². The first kappa shape index (κ1) is 13.7. The molecule has 0 aliphatic rings. The first-order valence-electron chi connectivity index (χ1n) is 6.34. The highest BCUT2D eigenvalue weighted by Crippen LogP contribution is 2.06. The Balaban J connectivity index is 1.74. The molecule has 0 spiro atoms. The number of ether oxygens (including phenoxy) is 1. The Bertz CT molecular complexity index is 511. The van der Waals surface area contributed by atoms with Crippen LogP contribution in [0.4, 0.5) is 0 Å². The van der Waals surface area contributed by atoms with Gasteiger partial charge in [-0.15, -0.1) is 0 Å². The maximum absolute atomic E-state index is 5.12. The molecule has 0 fully saturated rings. The number of aromatic nitrogens is 2. The van der Waals surface area contributed by atoms with E-state index in [1.165, 1.54) is 11.1 Å². The van der Waals surface area contributed by atoms with Crippen molar-refractivity contribution in [2.75, 3.05) is 13.7 Å². The average Bonchev–Trinajstić information content (AvgIpc) is 2.82. The van der Waals surface area contributed by atoms with E-state index in [0.29, 0.717) is 18.3 Å². The molecule has 1 heterocycles. The third kappa shape index (κ3) is 4.46. The third-order valence-corrected chi connectivity index (χ3v) is 2.72. The zero-order valence-corrected chi connectivity index (χ0v) is 11.3. The summed E-state index contributed by atoms with van der Waals surface area (Å²) >= 11 is 0. The summed E-state index contributed by atoms with van der Waals surface area (Å²) in [5, 5.41) is 7.12. The van der Waals surface area contributed by atoms with Gasteiger partial charge in [0.15, 0.2) is 5.82 Å². The number of aryl methyl sites for hydroxylation is 1. The Kier molecular flexibility index (Phi) is 5.06. The molecule has 0 unspecified atom stereocenters. The van der Waals surface area contributed by atoms with Gasteiger partial charge in [-0.3, -0.25) is 0 Å². The second kappa shape index (κ2) is 7.01. The molecule has 2 rings (SSSR count). The average molecular weight is 261 g/mol. The van der Waals surface area contributed by atoms with Gasteiger partial charge in [0.25, 0.3) is 0 Å². The summed E-state index contributed by atoms with van der Waals surface area (Å²) in [6.45, 7) is 4.11. The fourth-order valence-electron chi connectivity index (χ4n) is 1.87. The van der Waals surface area contributed by atoms with Gasteiger partial charge in [-0.1, -0.05) is 29.4 Å². The lowest BCUT2D eigenvalue weighted by molar-refractivity contribution is 0.185. The predicted molar refractivity (Wildman–Crippen MR) is 71.6 cm³/mol. The monoisotopic (exact) mass is 261 g/mol. The van der Waals surface area contributed by atoms with E-state index in [4.69, 9.17) is 9.26 Å². The summed E-state index contributed by atoms with van der Waals surface area (Å²) in [6, 6.07) is 8.36. The van der Waals surface area contributed by atoms with Gasteiger partial charge in [0, 0.05) is 26.6 Å². The van der Waals surface area contributed by atoms with E-state index in [0.717, 1.165) is 19.5 Å². The van der Waals surface area contributed by atoms with Crippen molar-refractivity contribution >= 4 is 0 Å². The van der Waals surface area contributed by atoms with Crippen molar-refractivity contribution in [3.63, 3.8) is 0 Å². The fraction of sp³-hybridized carbons (Fsp3) is 0.429. The second-order valence-electron chi connectivity index (χ2n) is 4.42. The van der Waals surface area contributed by atoms with Gasteiger partial charge >= 0.3 is 0 Å². The van der Waals surface area contributed by atoms with Crippen molar-refractivity contribution < 1.29 is 9.26 Å². The molecule has 0 saturated carbocycles. The molecule has 0 radical (unpaired) electrons. The number of hydrogen-bond donors (Lipinski definition) is 1. The van der Waals surface area contributed by atoms with Gasteiger partial charge < -0.3 is 14.6 Å². The quantitative estimate of drug-likeness (QED) is 0.771. The maximum atomic E-state index is 5.12. The van der Waals surface area contributed by atoms with Crippen LogP contribution in [-0.4, -0.2) is 23.8 Å². The number of rotatable bonds is 7. The van der Waals surface area contributed by atoms with E-state index in [9.17, 15) is 0 Å². The molecule has 5 nitrogen and oxygen atoms in total. The number of benzene rings is 1. The maximum Gasteiger partial charge on any atom is 0.227 e. The highest BCUT2D eigenvalue weighted by molar-refractivity contribution is 5.22. The minimum atomic E-state index is 0.648. The molecule has 2 aromatic rings. The van der Waals surface area contributed by atoms with Crippen molar-refractivity contribution in [3.05, 3.63) is 47.1 Å². The summed E-state index contributed by atoms with van der Waals surface area (Å²) in [7, 11) is 1.71. The molecule has 19 heavy (non-hydrogen) atoms. The normalized spacial score (nSPS) is 10.8. The van der Waals surface area contributed by atoms with Crippen LogP contribution in [0.3, 0.4) is 0 Å². The van der Waals surface area contributed by atoms with Crippen molar-refractivity contribution in [3.8, 4) is 0 Å². The van der Waals surface area contributed by atoms with Crippen LogP contribution in [0.15, 0.2) is 28.8 Å². The fourth-order valence-corrected chi connectivity index (χ4v) is 1.87.